The van der Waals surface area contributed by atoms with Crippen LogP contribution in [0, 0.1) is 0 Å². The molecule has 8 heteroatoms. The molecule has 0 spiro atoms. The van der Waals surface area contributed by atoms with Crippen molar-refractivity contribution in [3.63, 3.8) is 0 Å². The summed E-state index contributed by atoms with van der Waals surface area (Å²) in [6.45, 7) is 0.818. The van der Waals surface area contributed by atoms with Gasteiger partial charge < -0.3 is 15.2 Å². The van der Waals surface area contributed by atoms with Gasteiger partial charge in [0, 0.05) is 18.4 Å². The molecule has 1 amide bonds. The number of anilines is 1. The zero-order valence-electron chi connectivity index (χ0n) is 13.1. The third-order valence-electron chi connectivity index (χ3n) is 3.09. The second kappa shape index (κ2) is 7.80. The molecule has 0 fully saturated rings. The highest BCUT2D eigenvalue weighted by atomic mass is 32.2. The Morgan fingerprint density at radius 3 is 2.46 bits per heavy atom. The lowest BCUT2D eigenvalue weighted by Crippen LogP contribution is -2.15. The van der Waals surface area contributed by atoms with Gasteiger partial charge in [-0.05, 0) is 42.5 Å². The number of hydrogen-bond donors (Lipinski definition) is 2. The van der Waals surface area contributed by atoms with Gasteiger partial charge in [-0.25, -0.2) is 8.42 Å². The van der Waals surface area contributed by atoms with Crippen molar-refractivity contribution in [3.8, 4) is 5.75 Å². The standard InChI is InChI=1S/C16H18N2O5S/c1-22-9-10-23-14-5-7-15(8-6-14)24(20,21)18-13-4-2-3-12(11-13)16(17)19/h2-8,11,18H,9-10H2,1H3,(H2,17,19). The summed E-state index contributed by atoms with van der Waals surface area (Å²) in [6.07, 6.45) is 0. The Labute approximate surface area is 140 Å². The van der Waals surface area contributed by atoms with E-state index in [2.05, 4.69) is 4.72 Å². The lowest BCUT2D eigenvalue weighted by Gasteiger charge is -2.10. The predicted molar refractivity (Wildman–Crippen MR) is 89.6 cm³/mol. The van der Waals surface area contributed by atoms with Crippen LogP contribution in [0.1, 0.15) is 10.4 Å². The molecule has 0 saturated heterocycles. The van der Waals surface area contributed by atoms with Crippen LogP contribution in [-0.4, -0.2) is 34.6 Å². The molecule has 0 atom stereocenters. The Balaban J connectivity index is 2.12. The number of nitrogens with one attached hydrogen (secondary N) is 1. The van der Waals surface area contributed by atoms with Crippen LogP contribution in [0.5, 0.6) is 5.75 Å². The van der Waals surface area contributed by atoms with Crippen molar-refractivity contribution in [1.82, 2.24) is 0 Å². The van der Waals surface area contributed by atoms with Crippen molar-refractivity contribution in [2.75, 3.05) is 25.0 Å². The minimum absolute atomic E-state index is 0.0751. The molecule has 0 unspecified atom stereocenters. The van der Waals surface area contributed by atoms with Crippen LogP contribution in [0.25, 0.3) is 0 Å². The number of ether oxygens (including phenoxy) is 2. The molecule has 0 heterocycles. The minimum Gasteiger partial charge on any atom is -0.491 e. The van der Waals surface area contributed by atoms with E-state index in [1.165, 1.54) is 30.3 Å². The first-order chi connectivity index (χ1) is 11.4. The van der Waals surface area contributed by atoms with Crippen LogP contribution in [0.2, 0.25) is 0 Å². The molecule has 2 rings (SSSR count). The number of rotatable bonds is 8. The van der Waals surface area contributed by atoms with E-state index in [1.54, 1.807) is 25.3 Å². The van der Waals surface area contributed by atoms with Gasteiger partial charge in [0.05, 0.1) is 11.5 Å². The molecule has 0 saturated carbocycles. The van der Waals surface area contributed by atoms with Crippen molar-refractivity contribution < 1.29 is 22.7 Å². The van der Waals surface area contributed by atoms with Crippen molar-refractivity contribution in [3.05, 3.63) is 54.1 Å². The fraction of sp³-hybridized carbons (Fsp3) is 0.188. The highest BCUT2D eigenvalue weighted by Crippen LogP contribution is 2.20. The van der Waals surface area contributed by atoms with E-state index in [-0.39, 0.29) is 16.1 Å². The SMILES string of the molecule is COCCOc1ccc(S(=O)(=O)Nc2cccc(C(N)=O)c2)cc1. The summed E-state index contributed by atoms with van der Waals surface area (Å²) in [7, 11) is -2.21. The second-order valence-electron chi connectivity index (χ2n) is 4.86. The molecule has 2 aromatic rings. The quantitative estimate of drug-likeness (QED) is 0.703. The Morgan fingerprint density at radius 2 is 1.83 bits per heavy atom. The number of benzene rings is 2. The second-order valence-corrected chi connectivity index (χ2v) is 6.55. The maximum atomic E-state index is 12.4. The third-order valence-corrected chi connectivity index (χ3v) is 4.49. The first-order valence-electron chi connectivity index (χ1n) is 7.07. The lowest BCUT2D eigenvalue weighted by molar-refractivity contribution is 0.100. The number of sulfonamides is 1. The fourth-order valence-electron chi connectivity index (χ4n) is 1.91. The van der Waals surface area contributed by atoms with Crippen LogP contribution in [0.4, 0.5) is 5.69 Å². The van der Waals surface area contributed by atoms with Gasteiger partial charge in [0.2, 0.25) is 5.91 Å². The van der Waals surface area contributed by atoms with Gasteiger partial charge in [0.1, 0.15) is 12.4 Å². The van der Waals surface area contributed by atoms with Crippen molar-refractivity contribution in [2.45, 2.75) is 4.90 Å². The molecule has 0 bridgehead atoms. The van der Waals surface area contributed by atoms with E-state index in [9.17, 15) is 13.2 Å². The van der Waals surface area contributed by atoms with Crippen LogP contribution in [0.3, 0.4) is 0 Å². The molecule has 7 nitrogen and oxygen atoms in total. The molecule has 0 aliphatic carbocycles. The highest BCUT2D eigenvalue weighted by molar-refractivity contribution is 7.92. The van der Waals surface area contributed by atoms with Gasteiger partial charge in [-0.1, -0.05) is 6.07 Å². The monoisotopic (exact) mass is 350 g/mol. The first-order valence-corrected chi connectivity index (χ1v) is 8.55. The summed E-state index contributed by atoms with van der Waals surface area (Å²) in [5.41, 5.74) is 5.66. The van der Waals surface area contributed by atoms with E-state index >= 15 is 0 Å². The van der Waals surface area contributed by atoms with E-state index in [4.69, 9.17) is 15.2 Å². The number of primary amides is 1. The van der Waals surface area contributed by atoms with Gasteiger partial charge in [-0.3, -0.25) is 9.52 Å². The van der Waals surface area contributed by atoms with Gasteiger partial charge in [-0.2, -0.15) is 0 Å². The Kier molecular flexibility index (Phi) is 5.78. The average Bonchev–Trinajstić information content (AvgIpc) is 2.55. The predicted octanol–water partition coefficient (Wildman–Crippen LogP) is 1.61. The Morgan fingerprint density at radius 1 is 1.12 bits per heavy atom. The molecule has 0 radical (unpaired) electrons. The van der Waals surface area contributed by atoms with Crippen LogP contribution >= 0.6 is 0 Å². The van der Waals surface area contributed by atoms with E-state index in [1.807, 2.05) is 0 Å². The number of hydrogen-bond acceptors (Lipinski definition) is 5. The number of nitrogens with two attached hydrogens (primary N) is 1. The molecular weight excluding hydrogens is 332 g/mol. The topological polar surface area (TPSA) is 108 Å². The third kappa shape index (κ3) is 4.71. The smallest absolute Gasteiger partial charge is 0.261 e. The lowest BCUT2D eigenvalue weighted by atomic mass is 10.2. The summed E-state index contributed by atoms with van der Waals surface area (Å²) < 4.78 is 37.4. The summed E-state index contributed by atoms with van der Waals surface area (Å²) in [5.74, 6) is -0.0877. The summed E-state index contributed by atoms with van der Waals surface area (Å²) >= 11 is 0. The minimum atomic E-state index is -3.78. The van der Waals surface area contributed by atoms with Crippen molar-refractivity contribution >= 4 is 21.6 Å². The molecule has 128 valence electrons. The van der Waals surface area contributed by atoms with Crippen molar-refractivity contribution in [2.24, 2.45) is 5.73 Å². The number of carbonyl (C=O) groups excluding carboxylic acids is 1. The molecule has 2 aromatic carbocycles. The Bertz CT molecular complexity index is 803. The van der Waals surface area contributed by atoms with Gasteiger partial charge in [0.25, 0.3) is 10.0 Å². The first kappa shape index (κ1) is 17.8. The van der Waals surface area contributed by atoms with Crippen LogP contribution in [-0.2, 0) is 14.8 Å². The number of carbonyl (C=O) groups is 1. The van der Waals surface area contributed by atoms with Crippen LogP contribution in [0.15, 0.2) is 53.4 Å². The van der Waals surface area contributed by atoms with E-state index < -0.39 is 15.9 Å². The zero-order valence-corrected chi connectivity index (χ0v) is 13.9. The molecule has 3 N–H and O–H groups in total. The largest absolute Gasteiger partial charge is 0.491 e. The Hall–Kier alpha value is -2.58. The molecule has 0 aliphatic rings. The summed E-state index contributed by atoms with van der Waals surface area (Å²) in [4.78, 5) is 11.2. The maximum Gasteiger partial charge on any atom is 0.261 e. The van der Waals surface area contributed by atoms with Gasteiger partial charge in [-0.15, -0.1) is 0 Å². The normalized spacial score (nSPS) is 11.0. The fourth-order valence-corrected chi connectivity index (χ4v) is 2.96. The molecule has 0 aliphatic heterocycles. The van der Waals surface area contributed by atoms with E-state index in [0.717, 1.165) is 0 Å². The van der Waals surface area contributed by atoms with Crippen LogP contribution < -0.4 is 15.2 Å². The summed E-state index contributed by atoms with van der Waals surface area (Å²) in [5, 5.41) is 0. The number of amides is 1. The highest BCUT2D eigenvalue weighted by Gasteiger charge is 2.15. The van der Waals surface area contributed by atoms with Crippen molar-refractivity contribution in [1.29, 1.82) is 0 Å². The van der Waals surface area contributed by atoms with Gasteiger partial charge >= 0.3 is 0 Å². The molecular formula is C16H18N2O5S. The maximum absolute atomic E-state index is 12.4. The molecule has 0 aromatic heterocycles. The zero-order chi connectivity index (χ0) is 17.6. The molecule has 24 heavy (non-hydrogen) atoms. The van der Waals surface area contributed by atoms with Gasteiger partial charge in [0.15, 0.2) is 0 Å². The summed E-state index contributed by atoms with van der Waals surface area (Å²) in [6, 6.07) is 11.9. The number of methoxy groups -OCH3 is 1. The average molecular weight is 350 g/mol. The van der Waals surface area contributed by atoms with E-state index in [0.29, 0.717) is 19.0 Å².